The Morgan fingerprint density at radius 1 is 1.20 bits per heavy atom. The molecule has 2 aromatic rings. The van der Waals surface area contributed by atoms with Gasteiger partial charge in [-0.25, -0.2) is 0 Å². The van der Waals surface area contributed by atoms with Gasteiger partial charge in [0.15, 0.2) is 0 Å². The number of hydrogen-bond donors (Lipinski definition) is 0. The van der Waals surface area contributed by atoms with Crippen LogP contribution in [0.3, 0.4) is 0 Å². The molecule has 0 N–H and O–H groups in total. The molecule has 3 rings (SSSR count). The van der Waals surface area contributed by atoms with Gasteiger partial charge in [0.05, 0.1) is 13.2 Å². The highest BCUT2D eigenvalue weighted by Crippen LogP contribution is 2.30. The Morgan fingerprint density at radius 2 is 2.08 bits per heavy atom. The van der Waals surface area contributed by atoms with E-state index in [9.17, 15) is 4.79 Å². The summed E-state index contributed by atoms with van der Waals surface area (Å²) in [7, 11) is 3.70. The zero-order chi connectivity index (χ0) is 17.6. The standard InChI is InChI=1S/C21H26N2O2/c1-22-14-7-11-19(22)20-10-4-3-5-15-23(20)21(24)13-12-17-8-6-9-18(16-17)25-2/h6-9,11-14,16,20H,3-5,10,15H2,1-2H3. The van der Waals surface area contributed by atoms with Crippen LogP contribution < -0.4 is 4.74 Å². The number of amides is 1. The minimum Gasteiger partial charge on any atom is -0.497 e. The van der Waals surface area contributed by atoms with Gasteiger partial charge < -0.3 is 14.2 Å². The van der Waals surface area contributed by atoms with E-state index in [0.29, 0.717) is 0 Å². The Labute approximate surface area is 149 Å². The first-order valence-corrected chi connectivity index (χ1v) is 8.93. The van der Waals surface area contributed by atoms with Crippen molar-refractivity contribution in [2.45, 2.75) is 31.7 Å². The zero-order valence-electron chi connectivity index (χ0n) is 15.0. The van der Waals surface area contributed by atoms with E-state index < -0.39 is 0 Å². The second-order valence-electron chi connectivity index (χ2n) is 6.55. The van der Waals surface area contributed by atoms with Crippen LogP contribution in [0.15, 0.2) is 48.7 Å². The van der Waals surface area contributed by atoms with Crippen molar-refractivity contribution in [3.63, 3.8) is 0 Å². The molecule has 132 valence electrons. The molecule has 0 saturated carbocycles. The Hall–Kier alpha value is -2.49. The van der Waals surface area contributed by atoms with Crippen LogP contribution >= 0.6 is 0 Å². The molecule has 1 saturated heterocycles. The normalized spacial score (nSPS) is 18.3. The number of aryl methyl sites for hydroxylation is 1. The van der Waals surface area contributed by atoms with Crippen LogP contribution in [0.2, 0.25) is 0 Å². The highest BCUT2D eigenvalue weighted by Gasteiger charge is 2.26. The SMILES string of the molecule is COc1cccc(C=CC(=O)N2CCCCCC2c2cccn2C)c1. The van der Waals surface area contributed by atoms with Crippen LogP contribution in [0, 0.1) is 0 Å². The van der Waals surface area contributed by atoms with Crippen molar-refractivity contribution in [1.82, 2.24) is 9.47 Å². The van der Waals surface area contributed by atoms with Crippen LogP contribution in [-0.2, 0) is 11.8 Å². The lowest BCUT2D eigenvalue weighted by Gasteiger charge is -2.29. The van der Waals surface area contributed by atoms with E-state index in [1.165, 1.54) is 18.5 Å². The quantitative estimate of drug-likeness (QED) is 0.784. The van der Waals surface area contributed by atoms with Crippen LogP contribution in [-0.4, -0.2) is 29.0 Å². The van der Waals surface area contributed by atoms with Gasteiger partial charge in [0.25, 0.3) is 0 Å². The number of hydrogen-bond acceptors (Lipinski definition) is 2. The summed E-state index contributed by atoms with van der Waals surface area (Å²) in [6, 6.07) is 12.1. The third-order valence-corrected chi connectivity index (χ3v) is 4.87. The summed E-state index contributed by atoms with van der Waals surface area (Å²) in [5.74, 6) is 0.877. The third-order valence-electron chi connectivity index (χ3n) is 4.87. The summed E-state index contributed by atoms with van der Waals surface area (Å²) < 4.78 is 7.37. The molecule has 0 radical (unpaired) electrons. The smallest absolute Gasteiger partial charge is 0.247 e. The van der Waals surface area contributed by atoms with E-state index >= 15 is 0 Å². The predicted octanol–water partition coefficient (Wildman–Crippen LogP) is 4.19. The van der Waals surface area contributed by atoms with Crippen molar-refractivity contribution in [2.24, 2.45) is 7.05 Å². The van der Waals surface area contributed by atoms with Crippen molar-refractivity contribution in [3.05, 3.63) is 59.9 Å². The molecule has 1 fully saturated rings. The fourth-order valence-electron chi connectivity index (χ4n) is 3.51. The number of ether oxygens (including phenoxy) is 1. The lowest BCUT2D eigenvalue weighted by Crippen LogP contribution is -2.34. The van der Waals surface area contributed by atoms with Crippen molar-refractivity contribution in [2.75, 3.05) is 13.7 Å². The fourth-order valence-corrected chi connectivity index (χ4v) is 3.51. The van der Waals surface area contributed by atoms with Crippen molar-refractivity contribution < 1.29 is 9.53 Å². The van der Waals surface area contributed by atoms with Crippen LogP contribution in [0.25, 0.3) is 6.08 Å². The summed E-state index contributed by atoms with van der Waals surface area (Å²) in [4.78, 5) is 14.9. The minimum atomic E-state index is 0.0796. The lowest BCUT2D eigenvalue weighted by atomic mass is 10.1. The highest BCUT2D eigenvalue weighted by molar-refractivity contribution is 5.92. The first kappa shape index (κ1) is 17.3. The molecular formula is C21H26N2O2. The molecule has 4 nitrogen and oxygen atoms in total. The van der Waals surface area contributed by atoms with E-state index in [1.807, 2.05) is 35.2 Å². The molecule has 25 heavy (non-hydrogen) atoms. The summed E-state index contributed by atoms with van der Waals surface area (Å²) in [6.45, 7) is 0.817. The molecular weight excluding hydrogens is 312 g/mol. The van der Waals surface area contributed by atoms with Crippen LogP contribution in [0.1, 0.15) is 43.0 Å². The number of carbonyl (C=O) groups is 1. The van der Waals surface area contributed by atoms with Crippen LogP contribution in [0.5, 0.6) is 5.75 Å². The molecule has 1 aliphatic rings. The maximum Gasteiger partial charge on any atom is 0.247 e. The number of nitrogens with zero attached hydrogens (tertiary/aromatic N) is 2. The van der Waals surface area contributed by atoms with Gasteiger partial charge in [0.2, 0.25) is 5.91 Å². The Kier molecular flexibility index (Phi) is 5.59. The monoisotopic (exact) mass is 338 g/mol. The van der Waals surface area contributed by atoms with Crippen molar-refractivity contribution in [1.29, 1.82) is 0 Å². The lowest BCUT2D eigenvalue weighted by molar-refractivity contribution is -0.128. The Bertz CT molecular complexity index is 748. The van der Waals surface area contributed by atoms with E-state index in [-0.39, 0.29) is 11.9 Å². The van der Waals surface area contributed by atoms with Gasteiger partial charge in [-0.3, -0.25) is 4.79 Å². The van der Waals surface area contributed by atoms with Gasteiger partial charge in [-0.1, -0.05) is 25.0 Å². The summed E-state index contributed by atoms with van der Waals surface area (Å²) in [5.41, 5.74) is 2.18. The molecule has 0 aliphatic carbocycles. The predicted molar refractivity (Wildman–Crippen MR) is 100 cm³/mol. The van der Waals surface area contributed by atoms with E-state index in [0.717, 1.165) is 30.7 Å². The topological polar surface area (TPSA) is 34.5 Å². The summed E-state index contributed by atoms with van der Waals surface area (Å²) in [6.07, 6.45) is 10.1. The van der Waals surface area contributed by atoms with Gasteiger partial charge in [-0.05, 0) is 48.7 Å². The van der Waals surface area contributed by atoms with Gasteiger partial charge in [0, 0.05) is 31.6 Å². The third kappa shape index (κ3) is 4.13. The second kappa shape index (κ2) is 8.06. The molecule has 1 aromatic heterocycles. The molecule has 1 atom stereocenters. The second-order valence-corrected chi connectivity index (χ2v) is 6.55. The number of methoxy groups -OCH3 is 1. The van der Waals surface area contributed by atoms with E-state index in [1.54, 1.807) is 13.2 Å². The number of aromatic nitrogens is 1. The first-order valence-electron chi connectivity index (χ1n) is 8.93. The van der Waals surface area contributed by atoms with Gasteiger partial charge in [-0.15, -0.1) is 0 Å². The number of carbonyl (C=O) groups excluding carboxylic acids is 1. The molecule has 4 heteroatoms. The summed E-state index contributed by atoms with van der Waals surface area (Å²) >= 11 is 0. The van der Waals surface area contributed by atoms with Gasteiger partial charge >= 0.3 is 0 Å². The Balaban J connectivity index is 1.80. The Morgan fingerprint density at radius 3 is 2.84 bits per heavy atom. The fraction of sp³-hybridized carbons (Fsp3) is 0.381. The van der Waals surface area contributed by atoms with Gasteiger partial charge in [-0.2, -0.15) is 0 Å². The molecule has 2 heterocycles. The number of rotatable bonds is 4. The largest absolute Gasteiger partial charge is 0.497 e. The van der Waals surface area contributed by atoms with Gasteiger partial charge in [0.1, 0.15) is 5.75 Å². The molecule has 1 unspecified atom stereocenters. The van der Waals surface area contributed by atoms with Crippen LogP contribution in [0.4, 0.5) is 0 Å². The average molecular weight is 338 g/mol. The van der Waals surface area contributed by atoms with Crippen molar-refractivity contribution >= 4 is 12.0 Å². The molecule has 1 amide bonds. The van der Waals surface area contributed by atoms with E-state index in [2.05, 4.69) is 29.9 Å². The molecule has 1 aliphatic heterocycles. The maximum atomic E-state index is 12.9. The van der Waals surface area contributed by atoms with E-state index in [4.69, 9.17) is 4.74 Å². The number of benzene rings is 1. The van der Waals surface area contributed by atoms with Crippen molar-refractivity contribution in [3.8, 4) is 5.75 Å². The minimum absolute atomic E-state index is 0.0796. The summed E-state index contributed by atoms with van der Waals surface area (Å²) in [5, 5.41) is 0. The number of likely N-dealkylation sites (tertiary alicyclic amines) is 1. The first-order chi connectivity index (χ1) is 12.2. The zero-order valence-corrected chi connectivity index (χ0v) is 15.0. The molecule has 1 aromatic carbocycles. The maximum absolute atomic E-state index is 12.9. The molecule has 0 bridgehead atoms. The molecule has 0 spiro atoms. The highest BCUT2D eigenvalue weighted by atomic mass is 16.5. The average Bonchev–Trinajstić information content (AvgIpc) is 2.91.